The number of aromatic nitrogens is 1. The van der Waals surface area contributed by atoms with Crippen molar-refractivity contribution in [1.29, 1.82) is 0 Å². The van der Waals surface area contributed by atoms with Crippen molar-refractivity contribution in [3.8, 4) is 11.8 Å². The molecule has 1 saturated heterocycles. The quantitative estimate of drug-likeness (QED) is 0.523. The van der Waals surface area contributed by atoms with Crippen LogP contribution in [0.15, 0.2) is 24.1 Å². The van der Waals surface area contributed by atoms with Crippen molar-refractivity contribution in [3.63, 3.8) is 0 Å². The van der Waals surface area contributed by atoms with Gasteiger partial charge in [0, 0.05) is 19.2 Å². The zero-order valence-electron chi connectivity index (χ0n) is 14.6. The Kier molecular flexibility index (Phi) is 5.81. The Labute approximate surface area is 143 Å². The van der Waals surface area contributed by atoms with E-state index in [1.807, 2.05) is 27.7 Å². The molecule has 1 aromatic rings. The van der Waals surface area contributed by atoms with Crippen LogP contribution in [0.1, 0.15) is 51.8 Å². The van der Waals surface area contributed by atoms with Gasteiger partial charge in [-0.15, -0.1) is 0 Å². The molecule has 1 N–H and O–H groups in total. The van der Waals surface area contributed by atoms with Gasteiger partial charge in [0.2, 0.25) is 0 Å². The average molecular weight is 331 g/mol. The molecule has 0 amide bonds. The van der Waals surface area contributed by atoms with Crippen LogP contribution in [0, 0.1) is 11.8 Å². The molecule has 1 aromatic heterocycles. The number of hydrogen-bond donors (Lipinski definition) is 1. The summed E-state index contributed by atoms with van der Waals surface area (Å²) in [6, 6.07) is 3.48. The molecule has 1 aliphatic rings. The molecule has 0 spiro atoms. The van der Waals surface area contributed by atoms with Gasteiger partial charge < -0.3 is 14.4 Å². The monoisotopic (exact) mass is 331 g/mol. The van der Waals surface area contributed by atoms with Gasteiger partial charge in [-0.2, -0.15) is 0 Å². The van der Waals surface area contributed by atoms with Crippen molar-refractivity contribution in [2.45, 2.75) is 51.7 Å². The molecule has 0 aromatic carbocycles. The predicted octanol–water partition coefficient (Wildman–Crippen LogP) is 3.15. The second-order valence-electron chi connectivity index (χ2n) is 6.72. The number of aliphatic hydroxyl groups is 1. The Balaban J connectivity index is 2.04. The molecule has 0 unspecified atom stereocenters. The molecule has 128 valence electrons. The standard InChI is InChI=1S/C18H23BFNO3/c1-17(2)18(3,4)24-19(23-17)16(20)12-14-9-10-15(21-13-14)8-6-5-7-11-22/h9-10,12-13,22H,5,7,11H2,1-4H3. The molecule has 2 rings (SSSR count). The molecule has 6 heteroatoms. The molecule has 2 heterocycles. The zero-order valence-corrected chi connectivity index (χ0v) is 14.6. The normalized spacial score (nSPS) is 19.1. The lowest BCUT2D eigenvalue weighted by Gasteiger charge is -2.32. The third-order valence-corrected chi connectivity index (χ3v) is 4.25. The van der Waals surface area contributed by atoms with Gasteiger partial charge in [-0.1, -0.05) is 12.0 Å². The number of unbranched alkanes of at least 4 members (excludes halogenated alkanes) is 1. The lowest BCUT2D eigenvalue weighted by atomic mass is 9.87. The van der Waals surface area contributed by atoms with Crippen molar-refractivity contribution in [2.24, 2.45) is 0 Å². The summed E-state index contributed by atoms with van der Waals surface area (Å²) in [4.78, 5) is 4.18. The van der Waals surface area contributed by atoms with Gasteiger partial charge >= 0.3 is 7.12 Å². The van der Waals surface area contributed by atoms with E-state index in [1.165, 1.54) is 6.08 Å². The van der Waals surface area contributed by atoms with E-state index in [0.717, 1.165) is 0 Å². The van der Waals surface area contributed by atoms with E-state index in [1.54, 1.807) is 18.3 Å². The van der Waals surface area contributed by atoms with Crippen molar-refractivity contribution < 1.29 is 18.8 Å². The lowest BCUT2D eigenvalue weighted by Crippen LogP contribution is -2.41. The van der Waals surface area contributed by atoms with Crippen molar-refractivity contribution in [1.82, 2.24) is 4.98 Å². The summed E-state index contributed by atoms with van der Waals surface area (Å²) in [6.45, 7) is 7.65. The minimum Gasteiger partial charge on any atom is -0.398 e. The fraction of sp³-hybridized carbons (Fsp3) is 0.500. The second-order valence-corrected chi connectivity index (χ2v) is 6.72. The van der Waals surface area contributed by atoms with E-state index in [4.69, 9.17) is 14.4 Å². The predicted molar refractivity (Wildman–Crippen MR) is 92.6 cm³/mol. The third-order valence-electron chi connectivity index (χ3n) is 4.25. The van der Waals surface area contributed by atoms with Crippen LogP contribution < -0.4 is 0 Å². The number of aliphatic hydroxyl groups excluding tert-OH is 1. The highest BCUT2D eigenvalue weighted by atomic mass is 19.1. The first-order chi connectivity index (χ1) is 11.2. The first-order valence-electron chi connectivity index (χ1n) is 8.04. The summed E-state index contributed by atoms with van der Waals surface area (Å²) in [5.41, 5.74) is -0.411. The highest BCUT2D eigenvalue weighted by Crippen LogP contribution is 2.38. The summed E-state index contributed by atoms with van der Waals surface area (Å²) < 4.78 is 25.7. The van der Waals surface area contributed by atoms with Gasteiger partial charge in [0.15, 0.2) is 0 Å². The molecule has 0 radical (unpaired) electrons. The van der Waals surface area contributed by atoms with E-state index in [9.17, 15) is 4.39 Å². The second kappa shape index (κ2) is 7.48. The minimum absolute atomic E-state index is 0.129. The lowest BCUT2D eigenvalue weighted by molar-refractivity contribution is 0.00578. The Morgan fingerprint density at radius 2 is 1.96 bits per heavy atom. The van der Waals surface area contributed by atoms with Crippen LogP contribution in [0.5, 0.6) is 0 Å². The molecule has 0 saturated carbocycles. The van der Waals surface area contributed by atoms with Crippen LogP contribution in [0.25, 0.3) is 6.08 Å². The molecule has 1 fully saturated rings. The van der Waals surface area contributed by atoms with Gasteiger partial charge in [-0.3, -0.25) is 0 Å². The van der Waals surface area contributed by atoms with Crippen molar-refractivity contribution >= 4 is 13.2 Å². The number of rotatable bonds is 4. The van der Waals surface area contributed by atoms with Crippen LogP contribution >= 0.6 is 0 Å². The van der Waals surface area contributed by atoms with Gasteiger partial charge in [0.05, 0.1) is 11.2 Å². The van der Waals surface area contributed by atoms with Gasteiger partial charge in [-0.25, -0.2) is 9.37 Å². The molecule has 24 heavy (non-hydrogen) atoms. The Hall–Kier alpha value is -1.68. The summed E-state index contributed by atoms with van der Waals surface area (Å²) in [5.74, 6) is 5.82. The van der Waals surface area contributed by atoms with Crippen molar-refractivity contribution in [2.75, 3.05) is 6.61 Å². The Morgan fingerprint density at radius 3 is 2.50 bits per heavy atom. The van der Waals surface area contributed by atoms with E-state index in [-0.39, 0.29) is 6.61 Å². The topological polar surface area (TPSA) is 51.6 Å². The number of pyridine rings is 1. The molecular weight excluding hydrogens is 308 g/mol. The van der Waals surface area contributed by atoms with Crippen LogP contribution in [0.4, 0.5) is 4.39 Å². The Morgan fingerprint density at radius 1 is 1.29 bits per heavy atom. The molecule has 1 aliphatic heterocycles. The van der Waals surface area contributed by atoms with Crippen LogP contribution in [-0.2, 0) is 9.31 Å². The maximum atomic E-state index is 14.4. The van der Waals surface area contributed by atoms with Gasteiger partial charge in [0.1, 0.15) is 11.4 Å². The zero-order chi connectivity index (χ0) is 17.8. The first kappa shape index (κ1) is 18.7. The smallest absolute Gasteiger partial charge is 0.398 e. The fourth-order valence-corrected chi connectivity index (χ4v) is 2.07. The Bertz CT molecular complexity index is 643. The summed E-state index contributed by atoms with van der Waals surface area (Å²) in [7, 11) is -1.01. The maximum absolute atomic E-state index is 14.4. The molecule has 0 bridgehead atoms. The minimum atomic E-state index is -1.01. The molecule has 0 aliphatic carbocycles. The average Bonchev–Trinajstić information content (AvgIpc) is 2.74. The maximum Gasteiger partial charge on any atom is 0.525 e. The van der Waals surface area contributed by atoms with E-state index in [2.05, 4.69) is 16.8 Å². The molecule has 0 atom stereocenters. The highest BCUT2D eigenvalue weighted by molar-refractivity contribution is 6.54. The SMILES string of the molecule is CC1(C)OB(C(F)=Cc2ccc(C#CCCCO)nc2)OC1(C)C. The fourth-order valence-electron chi connectivity index (χ4n) is 2.07. The summed E-state index contributed by atoms with van der Waals surface area (Å²) in [5, 5.41) is 8.69. The summed E-state index contributed by atoms with van der Waals surface area (Å²) in [6.07, 6.45) is 4.18. The number of nitrogens with zero attached hydrogens (tertiary/aromatic N) is 1. The highest BCUT2D eigenvalue weighted by Gasteiger charge is 2.53. The summed E-state index contributed by atoms with van der Waals surface area (Å²) >= 11 is 0. The largest absolute Gasteiger partial charge is 0.525 e. The molecule has 4 nitrogen and oxygen atoms in total. The van der Waals surface area contributed by atoms with Crippen LogP contribution in [-0.4, -0.2) is 35.0 Å². The first-order valence-corrected chi connectivity index (χ1v) is 8.04. The van der Waals surface area contributed by atoms with Gasteiger partial charge in [-0.05, 0) is 57.7 Å². The number of halogens is 1. The van der Waals surface area contributed by atoms with E-state index < -0.39 is 24.0 Å². The van der Waals surface area contributed by atoms with E-state index in [0.29, 0.717) is 24.1 Å². The molecular formula is C18H23BFNO3. The van der Waals surface area contributed by atoms with Gasteiger partial charge in [0.25, 0.3) is 0 Å². The van der Waals surface area contributed by atoms with Crippen LogP contribution in [0.3, 0.4) is 0 Å². The van der Waals surface area contributed by atoms with Crippen molar-refractivity contribution in [3.05, 3.63) is 35.3 Å². The number of hydrogen-bond acceptors (Lipinski definition) is 4. The van der Waals surface area contributed by atoms with E-state index >= 15 is 0 Å². The third kappa shape index (κ3) is 4.44. The van der Waals surface area contributed by atoms with Crippen LogP contribution in [0.2, 0.25) is 0 Å².